The Kier molecular flexibility index (Phi) is 2.86. The largest absolute Gasteiger partial charge is 0.350 e. The van der Waals surface area contributed by atoms with E-state index in [2.05, 4.69) is 10.3 Å². The maximum Gasteiger partial charge on any atom is 0.271 e. The van der Waals surface area contributed by atoms with E-state index in [-0.39, 0.29) is 5.91 Å². The Hall–Kier alpha value is -1.36. The molecule has 5 nitrogen and oxygen atoms in total. The number of nitrogens with two attached hydrogens (primary N) is 1. The second-order valence-electron chi connectivity index (χ2n) is 5.60. The van der Waals surface area contributed by atoms with E-state index in [9.17, 15) is 4.79 Å². The van der Waals surface area contributed by atoms with Crippen molar-refractivity contribution in [2.45, 2.75) is 32.2 Å². The lowest BCUT2D eigenvalue weighted by Gasteiger charge is -2.14. The number of imidazole rings is 1. The zero-order valence-corrected chi connectivity index (χ0v) is 10.6. The minimum atomic E-state index is -0.0577. The minimum Gasteiger partial charge on any atom is -0.350 e. The second-order valence-corrected chi connectivity index (χ2v) is 5.60. The molecule has 1 amide bonds. The molecule has 0 aliphatic heterocycles. The quantitative estimate of drug-likeness (QED) is 0.780. The average molecular weight is 248 g/mol. The van der Waals surface area contributed by atoms with Gasteiger partial charge in [-0.3, -0.25) is 4.79 Å². The fourth-order valence-corrected chi connectivity index (χ4v) is 2.68. The Labute approximate surface area is 107 Å². The van der Waals surface area contributed by atoms with Crippen LogP contribution in [0.1, 0.15) is 36.2 Å². The third-order valence-corrected chi connectivity index (χ3v) is 4.19. The van der Waals surface area contributed by atoms with E-state index in [1.165, 1.54) is 25.7 Å². The first-order chi connectivity index (χ1) is 8.73. The maximum atomic E-state index is 12.0. The predicted molar refractivity (Wildman–Crippen MR) is 68.0 cm³/mol. The lowest BCUT2D eigenvalue weighted by atomic mass is 10.0. The molecule has 1 aromatic heterocycles. The van der Waals surface area contributed by atoms with Crippen molar-refractivity contribution >= 4 is 5.91 Å². The van der Waals surface area contributed by atoms with E-state index in [0.717, 1.165) is 12.5 Å². The van der Waals surface area contributed by atoms with Crippen molar-refractivity contribution in [2.75, 3.05) is 13.1 Å². The Balaban J connectivity index is 1.54. The van der Waals surface area contributed by atoms with Gasteiger partial charge in [0.1, 0.15) is 5.69 Å². The Morgan fingerprint density at radius 1 is 1.56 bits per heavy atom. The number of hydrogen-bond donors (Lipinski definition) is 2. The van der Waals surface area contributed by atoms with E-state index in [4.69, 9.17) is 5.73 Å². The maximum absolute atomic E-state index is 12.0. The fourth-order valence-electron chi connectivity index (χ4n) is 2.68. The summed E-state index contributed by atoms with van der Waals surface area (Å²) >= 11 is 0. The summed E-state index contributed by atoms with van der Waals surface area (Å²) in [6, 6.07) is 0. The van der Waals surface area contributed by atoms with E-state index in [1.54, 1.807) is 12.5 Å². The van der Waals surface area contributed by atoms with Crippen LogP contribution in [-0.4, -0.2) is 28.5 Å². The molecule has 0 atom stereocenters. The van der Waals surface area contributed by atoms with Gasteiger partial charge in [-0.25, -0.2) is 4.98 Å². The van der Waals surface area contributed by atoms with Crippen molar-refractivity contribution in [1.29, 1.82) is 0 Å². The average Bonchev–Trinajstić information content (AvgIpc) is 3.25. The van der Waals surface area contributed by atoms with Gasteiger partial charge in [0, 0.05) is 25.8 Å². The molecule has 1 heterocycles. The molecule has 0 spiro atoms. The molecule has 5 heteroatoms. The van der Waals surface area contributed by atoms with Gasteiger partial charge in [0.05, 0.1) is 6.33 Å². The number of nitrogens with zero attached hydrogens (tertiary/aromatic N) is 2. The molecule has 3 N–H and O–H groups in total. The van der Waals surface area contributed by atoms with Crippen molar-refractivity contribution < 1.29 is 4.79 Å². The lowest BCUT2D eigenvalue weighted by Crippen LogP contribution is -2.31. The normalized spacial score (nSPS) is 20.7. The molecule has 0 aromatic carbocycles. The number of amides is 1. The first kappa shape index (κ1) is 11.7. The molecule has 18 heavy (non-hydrogen) atoms. The molecular formula is C13H20N4O. The number of carbonyl (C=O) groups is 1. The standard InChI is InChI=1S/C13H20N4O/c14-5-6-17-7-11(16-9-17)12(18)15-8-13(3-4-13)10-1-2-10/h7,9-10H,1-6,8,14H2,(H,15,18). The Morgan fingerprint density at radius 2 is 2.33 bits per heavy atom. The predicted octanol–water partition coefficient (Wildman–Crippen LogP) is 0.762. The summed E-state index contributed by atoms with van der Waals surface area (Å²) in [5, 5.41) is 3.03. The summed E-state index contributed by atoms with van der Waals surface area (Å²) in [6.45, 7) is 2.08. The molecule has 0 radical (unpaired) electrons. The minimum absolute atomic E-state index is 0.0577. The number of rotatable bonds is 6. The molecule has 3 rings (SSSR count). The van der Waals surface area contributed by atoms with Crippen LogP contribution in [-0.2, 0) is 6.54 Å². The smallest absolute Gasteiger partial charge is 0.271 e. The summed E-state index contributed by atoms with van der Waals surface area (Å²) in [5.74, 6) is 0.810. The van der Waals surface area contributed by atoms with Gasteiger partial charge >= 0.3 is 0 Å². The van der Waals surface area contributed by atoms with Crippen LogP contribution in [0.4, 0.5) is 0 Å². The van der Waals surface area contributed by atoms with Crippen LogP contribution < -0.4 is 11.1 Å². The van der Waals surface area contributed by atoms with E-state index < -0.39 is 0 Å². The first-order valence-electron chi connectivity index (χ1n) is 6.73. The van der Waals surface area contributed by atoms with Gasteiger partial charge < -0.3 is 15.6 Å². The Bertz CT molecular complexity index is 446. The van der Waals surface area contributed by atoms with Crippen molar-refractivity contribution in [3.63, 3.8) is 0 Å². The third-order valence-electron chi connectivity index (χ3n) is 4.19. The topological polar surface area (TPSA) is 72.9 Å². The highest BCUT2D eigenvalue weighted by Gasteiger charge is 2.53. The molecule has 2 saturated carbocycles. The van der Waals surface area contributed by atoms with Crippen LogP contribution >= 0.6 is 0 Å². The van der Waals surface area contributed by atoms with Crippen molar-refractivity contribution in [1.82, 2.24) is 14.9 Å². The zero-order chi connectivity index (χ0) is 12.6. The van der Waals surface area contributed by atoms with Crippen LogP contribution in [0.15, 0.2) is 12.5 Å². The van der Waals surface area contributed by atoms with E-state index >= 15 is 0 Å². The summed E-state index contributed by atoms with van der Waals surface area (Å²) in [6.07, 6.45) is 8.68. The van der Waals surface area contributed by atoms with Crippen LogP contribution in [0, 0.1) is 11.3 Å². The molecule has 1 aromatic rings. The third kappa shape index (κ3) is 2.27. The van der Waals surface area contributed by atoms with E-state index in [1.807, 2.05) is 4.57 Å². The number of aromatic nitrogens is 2. The van der Waals surface area contributed by atoms with Crippen LogP contribution in [0.2, 0.25) is 0 Å². The van der Waals surface area contributed by atoms with Gasteiger partial charge in [-0.1, -0.05) is 0 Å². The summed E-state index contributed by atoms with van der Waals surface area (Å²) in [4.78, 5) is 16.1. The number of nitrogens with one attached hydrogen (secondary N) is 1. The monoisotopic (exact) mass is 248 g/mol. The second kappa shape index (κ2) is 4.39. The van der Waals surface area contributed by atoms with Crippen LogP contribution in [0.5, 0.6) is 0 Å². The highest BCUT2D eigenvalue weighted by molar-refractivity contribution is 5.92. The summed E-state index contributed by atoms with van der Waals surface area (Å²) < 4.78 is 1.85. The van der Waals surface area contributed by atoms with Gasteiger partial charge in [0.2, 0.25) is 0 Å². The Morgan fingerprint density at radius 3 is 2.94 bits per heavy atom. The van der Waals surface area contributed by atoms with E-state index in [0.29, 0.717) is 24.2 Å². The zero-order valence-electron chi connectivity index (χ0n) is 10.6. The van der Waals surface area contributed by atoms with Gasteiger partial charge in [-0.2, -0.15) is 0 Å². The first-order valence-corrected chi connectivity index (χ1v) is 6.73. The van der Waals surface area contributed by atoms with Crippen molar-refractivity contribution in [2.24, 2.45) is 17.1 Å². The highest BCUT2D eigenvalue weighted by atomic mass is 16.1. The van der Waals surface area contributed by atoms with Crippen molar-refractivity contribution in [3.8, 4) is 0 Å². The number of hydrogen-bond acceptors (Lipinski definition) is 3. The summed E-state index contributed by atoms with van der Waals surface area (Å²) in [7, 11) is 0. The van der Waals surface area contributed by atoms with Crippen molar-refractivity contribution in [3.05, 3.63) is 18.2 Å². The van der Waals surface area contributed by atoms with Gasteiger partial charge in [-0.15, -0.1) is 0 Å². The lowest BCUT2D eigenvalue weighted by molar-refractivity contribution is 0.0938. The molecule has 0 unspecified atom stereocenters. The van der Waals surface area contributed by atoms with Crippen LogP contribution in [0.25, 0.3) is 0 Å². The molecular weight excluding hydrogens is 228 g/mol. The van der Waals surface area contributed by atoms with Crippen LogP contribution in [0.3, 0.4) is 0 Å². The van der Waals surface area contributed by atoms with Gasteiger partial charge in [-0.05, 0) is 37.0 Å². The molecule has 0 bridgehead atoms. The molecule has 2 aliphatic rings. The van der Waals surface area contributed by atoms with Gasteiger partial charge in [0.25, 0.3) is 5.91 Å². The highest BCUT2D eigenvalue weighted by Crippen LogP contribution is 2.60. The summed E-state index contributed by atoms with van der Waals surface area (Å²) in [5.41, 5.74) is 6.40. The molecule has 98 valence electrons. The fraction of sp³-hybridized carbons (Fsp3) is 0.692. The SMILES string of the molecule is NCCn1cnc(C(=O)NCC2(C3CC3)CC2)c1. The molecule has 2 fully saturated rings. The number of carbonyl (C=O) groups excluding carboxylic acids is 1. The molecule has 2 aliphatic carbocycles. The van der Waals surface area contributed by atoms with Gasteiger partial charge in [0.15, 0.2) is 0 Å². The molecule has 0 saturated heterocycles.